The van der Waals surface area contributed by atoms with E-state index in [1.54, 1.807) is 0 Å². The average molecular weight is 442 g/mol. The van der Waals surface area contributed by atoms with Gasteiger partial charge in [-0.2, -0.15) is 0 Å². The van der Waals surface area contributed by atoms with Gasteiger partial charge in [-0.25, -0.2) is 0 Å². The van der Waals surface area contributed by atoms with Crippen LogP contribution >= 0.6 is 0 Å². The first kappa shape index (κ1) is 18.4. The van der Waals surface area contributed by atoms with Crippen LogP contribution in [-0.2, 0) is 13.5 Å². The molecule has 0 aliphatic carbocycles. The second kappa shape index (κ2) is 6.42. The molecule has 0 fully saturated rings. The first-order valence-electron chi connectivity index (χ1n) is 9.94. The van der Waals surface area contributed by atoms with Crippen LogP contribution in [0.25, 0.3) is 37.8 Å². The number of rotatable bonds is 2. The number of fused-ring (bicyclic) bond motifs is 3. The second-order valence-electron chi connectivity index (χ2n) is 8.55. The van der Waals surface area contributed by atoms with E-state index in [1.807, 2.05) is 0 Å². The number of hydrogen-bond acceptors (Lipinski definition) is 0. The Hall–Kier alpha value is -2.66. The Balaban J connectivity index is 1.97. The molecule has 0 amide bonds. The number of benzene rings is 3. The zero-order chi connectivity index (χ0) is 20.3. The predicted octanol–water partition coefficient (Wildman–Crippen LogP) is 4.00. The number of aromatic nitrogens is 1. The van der Waals surface area contributed by atoms with E-state index in [1.165, 1.54) is 53.0 Å². The molecule has 3 heteroatoms. The van der Waals surface area contributed by atoms with E-state index < -0.39 is 5.54 Å². The van der Waals surface area contributed by atoms with Crippen molar-refractivity contribution < 1.29 is 4.57 Å². The summed E-state index contributed by atoms with van der Waals surface area (Å²) in [4.78, 5) is 3.94. The Bertz CT molecular complexity index is 1360. The van der Waals surface area contributed by atoms with Crippen molar-refractivity contribution in [1.82, 2.24) is 0 Å². The molecule has 3 aromatic carbocycles. The van der Waals surface area contributed by atoms with Crippen LogP contribution in [0, 0.1) is 13.5 Å². The van der Waals surface area contributed by atoms with E-state index in [9.17, 15) is 0 Å². The fourth-order valence-electron chi connectivity index (χ4n) is 4.55. The molecule has 1 aliphatic heterocycles. The normalized spacial score (nSPS) is 12.8. The van der Waals surface area contributed by atoms with Crippen LogP contribution in [0.3, 0.4) is 0 Å². The van der Waals surface area contributed by atoms with Crippen LogP contribution in [-0.4, -0.2) is 20.5 Å². The van der Waals surface area contributed by atoms with Gasteiger partial charge in [0.1, 0.15) is 0 Å². The molecule has 5 rings (SSSR count). The molecule has 0 spiro atoms. The summed E-state index contributed by atoms with van der Waals surface area (Å²) in [5.74, 6) is 0. The molecule has 1 aliphatic rings. The van der Waals surface area contributed by atoms with Crippen LogP contribution < -0.4 is 13.5 Å². The van der Waals surface area contributed by atoms with Gasteiger partial charge in [0, 0.05) is 0 Å². The minimum atomic E-state index is -0.412. The van der Waals surface area contributed by atoms with Gasteiger partial charge >= 0.3 is 178 Å². The van der Waals surface area contributed by atoms with Crippen molar-refractivity contribution in [1.29, 1.82) is 0 Å². The molecule has 1 aromatic heterocycles. The molecule has 29 heavy (non-hydrogen) atoms. The molecule has 2 heterocycles. The van der Waals surface area contributed by atoms with E-state index >= 15 is 0 Å². The van der Waals surface area contributed by atoms with Crippen molar-refractivity contribution in [3.8, 4) is 11.3 Å². The maximum absolute atomic E-state index is 7.71. The van der Waals surface area contributed by atoms with Gasteiger partial charge in [0.05, 0.1) is 0 Å². The molecular formula is C26H23N2Se+. The summed E-state index contributed by atoms with van der Waals surface area (Å²) in [6.07, 6.45) is 0.777. The first-order valence-corrected chi connectivity index (χ1v) is 11.7. The fraction of sp³-hybridized carbons (Fsp3) is 0.231. The van der Waals surface area contributed by atoms with Gasteiger partial charge in [-0.15, -0.1) is 0 Å². The van der Waals surface area contributed by atoms with Gasteiger partial charge < -0.3 is 0 Å². The third-order valence-electron chi connectivity index (χ3n) is 5.99. The van der Waals surface area contributed by atoms with Crippen molar-refractivity contribution >= 4 is 45.6 Å². The monoisotopic (exact) mass is 443 g/mol. The summed E-state index contributed by atoms with van der Waals surface area (Å²) in [5, 5.41) is 4.03. The standard InChI is InChI=1S/C26H23N2Se/c1-16-13-14-17-9-8-12-21-23(17)22(16)24-25(29-21)19(15-26(2,3)27-4)18-10-6-7-11-20(18)28(24)5/h6-14H,15H2,1-3,5H3/q+1. The Morgan fingerprint density at radius 2 is 1.83 bits per heavy atom. The fourth-order valence-corrected chi connectivity index (χ4v) is 7.34. The van der Waals surface area contributed by atoms with E-state index in [4.69, 9.17) is 6.57 Å². The molecule has 142 valence electrons. The Morgan fingerprint density at radius 1 is 1.03 bits per heavy atom. The van der Waals surface area contributed by atoms with E-state index in [0.717, 1.165) is 6.42 Å². The molecule has 0 unspecified atom stereocenters. The van der Waals surface area contributed by atoms with Gasteiger partial charge in [-0.1, -0.05) is 0 Å². The van der Waals surface area contributed by atoms with Crippen molar-refractivity contribution in [2.45, 2.75) is 32.7 Å². The number of pyridine rings is 1. The van der Waals surface area contributed by atoms with Gasteiger partial charge in [-0.3, -0.25) is 0 Å². The molecule has 0 radical (unpaired) electrons. The third kappa shape index (κ3) is 2.71. The second-order valence-corrected chi connectivity index (χ2v) is 10.8. The SMILES string of the molecule is [C-]#[N+]C(C)(C)Cc1c2c([n+](C)c3ccccc13)-c1c(C)ccc3cccc(c13)[Se]2. The minimum absolute atomic E-state index is 0.213. The van der Waals surface area contributed by atoms with Gasteiger partial charge in [0.25, 0.3) is 0 Å². The van der Waals surface area contributed by atoms with Crippen molar-refractivity contribution in [2.24, 2.45) is 7.05 Å². The van der Waals surface area contributed by atoms with Crippen LogP contribution in [0.1, 0.15) is 25.0 Å². The molecule has 0 saturated carbocycles. The van der Waals surface area contributed by atoms with Crippen LogP contribution in [0.2, 0.25) is 0 Å². The summed E-state index contributed by atoms with van der Waals surface area (Å²) >= 11 is 0.213. The zero-order valence-electron chi connectivity index (χ0n) is 17.2. The van der Waals surface area contributed by atoms with Crippen LogP contribution in [0.15, 0.2) is 54.6 Å². The van der Waals surface area contributed by atoms with Crippen LogP contribution in [0.5, 0.6) is 0 Å². The Kier molecular flexibility index (Phi) is 4.07. The molecular weight excluding hydrogens is 419 g/mol. The van der Waals surface area contributed by atoms with Crippen LogP contribution in [0.4, 0.5) is 0 Å². The van der Waals surface area contributed by atoms with E-state index in [2.05, 4.69) is 91.8 Å². The first-order chi connectivity index (χ1) is 13.9. The van der Waals surface area contributed by atoms with Gasteiger partial charge in [0.15, 0.2) is 0 Å². The quantitative estimate of drug-likeness (QED) is 0.222. The van der Waals surface area contributed by atoms with Crippen molar-refractivity contribution in [3.05, 3.63) is 77.1 Å². The number of nitrogens with zero attached hydrogens (tertiary/aromatic N) is 2. The summed E-state index contributed by atoms with van der Waals surface area (Å²) in [7, 11) is 2.20. The molecule has 0 bridgehead atoms. The molecule has 2 nitrogen and oxygen atoms in total. The maximum atomic E-state index is 7.71. The van der Waals surface area contributed by atoms with E-state index in [-0.39, 0.29) is 15.0 Å². The predicted molar refractivity (Wildman–Crippen MR) is 122 cm³/mol. The Morgan fingerprint density at radius 3 is 2.62 bits per heavy atom. The summed E-state index contributed by atoms with van der Waals surface area (Å²) in [5.41, 5.74) is 6.24. The van der Waals surface area contributed by atoms with Gasteiger partial charge in [-0.05, 0) is 0 Å². The van der Waals surface area contributed by atoms with Crippen molar-refractivity contribution in [3.63, 3.8) is 0 Å². The van der Waals surface area contributed by atoms with Gasteiger partial charge in [0.2, 0.25) is 0 Å². The topological polar surface area (TPSA) is 8.24 Å². The molecule has 0 N–H and O–H groups in total. The Labute approximate surface area is 178 Å². The summed E-state index contributed by atoms with van der Waals surface area (Å²) in [6.45, 7) is 14.1. The zero-order valence-corrected chi connectivity index (χ0v) is 18.9. The summed E-state index contributed by atoms with van der Waals surface area (Å²) < 4.78 is 5.29. The third-order valence-corrected chi connectivity index (χ3v) is 8.52. The number of para-hydroxylation sites is 1. The number of hydrogen-bond donors (Lipinski definition) is 0. The number of aryl methyl sites for hydroxylation is 2. The van der Waals surface area contributed by atoms with E-state index in [0.29, 0.717) is 0 Å². The molecule has 0 saturated heterocycles. The summed E-state index contributed by atoms with van der Waals surface area (Å²) in [6, 6.07) is 19.9. The molecule has 4 aromatic rings. The average Bonchev–Trinajstić information content (AvgIpc) is 2.73. The van der Waals surface area contributed by atoms with Crippen molar-refractivity contribution in [2.75, 3.05) is 0 Å². The molecule has 0 atom stereocenters.